The van der Waals surface area contributed by atoms with Crippen molar-refractivity contribution < 1.29 is 18.0 Å². The number of aromatic amines is 2. The number of fused-ring (bicyclic) bond motifs is 1. The first-order valence-corrected chi connectivity index (χ1v) is 8.47. The maximum Gasteiger partial charge on any atom is 0.431 e. The number of hydrogen-bond donors (Lipinski definition) is 3. The smallest absolute Gasteiger partial charge is 0.351 e. The summed E-state index contributed by atoms with van der Waals surface area (Å²) in [5, 5.41) is 9.96. The van der Waals surface area contributed by atoms with Crippen LogP contribution in [0.1, 0.15) is 21.6 Å². The highest BCUT2D eigenvalue weighted by Gasteiger charge is 2.32. The number of amides is 1. The molecular weight excluding hydrogens is 369 g/mol. The first-order valence-electron chi connectivity index (χ1n) is 8.47. The Morgan fingerprint density at radius 1 is 1.04 bits per heavy atom. The van der Waals surface area contributed by atoms with Gasteiger partial charge in [0.25, 0.3) is 5.91 Å². The van der Waals surface area contributed by atoms with E-state index in [2.05, 4.69) is 20.5 Å². The van der Waals surface area contributed by atoms with Crippen LogP contribution in [0.4, 0.5) is 13.2 Å². The standard InChI is InChI=1S/C20H15F3N4O/c21-20(22,23)18-10-15-9-12(1-6-16(15)26-18)11-24-19(28)14-4-2-13(3-5-14)17-7-8-25-27-17/h1-10,26H,11H2,(H,24,28)(H,25,27). The molecule has 2 aromatic carbocycles. The maximum atomic E-state index is 12.8. The van der Waals surface area contributed by atoms with Gasteiger partial charge in [0.1, 0.15) is 5.69 Å². The molecule has 8 heteroatoms. The van der Waals surface area contributed by atoms with Crippen LogP contribution in [-0.2, 0) is 12.7 Å². The summed E-state index contributed by atoms with van der Waals surface area (Å²) >= 11 is 0. The van der Waals surface area contributed by atoms with Crippen LogP contribution in [0.2, 0.25) is 0 Å². The number of hydrogen-bond acceptors (Lipinski definition) is 2. The summed E-state index contributed by atoms with van der Waals surface area (Å²) in [5.41, 5.74) is 2.57. The molecule has 0 spiro atoms. The third-order valence-corrected chi connectivity index (χ3v) is 4.40. The number of nitrogens with zero attached hydrogens (tertiary/aromatic N) is 1. The summed E-state index contributed by atoms with van der Waals surface area (Å²) in [7, 11) is 0. The van der Waals surface area contributed by atoms with Crippen LogP contribution in [0.3, 0.4) is 0 Å². The summed E-state index contributed by atoms with van der Waals surface area (Å²) < 4.78 is 38.4. The van der Waals surface area contributed by atoms with Crippen molar-refractivity contribution in [3.05, 3.63) is 77.6 Å². The van der Waals surface area contributed by atoms with Crippen molar-refractivity contribution in [1.29, 1.82) is 0 Å². The molecule has 0 atom stereocenters. The van der Waals surface area contributed by atoms with Crippen LogP contribution in [0, 0.1) is 0 Å². The Kier molecular flexibility index (Phi) is 4.38. The van der Waals surface area contributed by atoms with E-state index in [9.17, 15) is 18.0 Å². The van der Waals surface area contributed by atoms with Crippen molar-refractivity contribution in [2.75, 3.05) is 0 Å². The van der Waals surface area contributed by atoms with E-state index >= 15 is 0 Å². The molecule has 0 unspecified atom stereocenters. The number of rotatable bonds is 4. The predicted molar refractivity (Wildman–Crippen MR) is 98.5 cm³/mol. The third-order valence-electron chi connectivity index (χ3n) is 4.40. The number of carbonyl (C=O) groups is 1. The molecule has 0 fully saturated rings. The van der Waals surface area contributed by atoms with Crippen molar-refractivity contribution >= 4 is 16.8 Å². The van der Waals surface area contributed by atoms with E-state index in [0.29, 0.717) is 22.0 Å². The average molecular weight is 384 g/mol. The fourth-order valence-corrected chi connectivity index (χ4v) is 2.95. The lowest BCUT2D eigenvalue weighted by atomic mass is 10.1. The van der Waals surface area contributed by atoms with Gasteiger partial charge >= 0.3 is 6.18 Å². The Morgan fingerprint density at radius 3 is 2.50 bits per heavy atom. The number of alkyl halides is 3. The van der Waals surface area contributed by atoms with Crippen LogP contribution in [-0.4, -0.2) is 21.1 Å². The van der Waals surface area contributed by atoms with E-state index < -0.39 is 11.9 Å². The van der Waals surface area contributed by atoms with Crippen molar-refractivity contribution in [1.82, 2.24) is 20.5 Å². The minimum absolute atomic E-state index is 0.212. The third kappa shape index (κ3) is 3.62. The van der Waals surface area contributed by atoms with E-state index in [1.54, 1.807) is 36.5 Å². The quantitative estimate of drug-likeness (QED) is 0.484. The molecule has 0 saturated carbocycles. The summed E-state index contributed by atoms with van der Waals surface area (Å²) in [5.74, 6) is -0.263. The van der Waals surface area contributed by atoms with Gasteiger partial charge < -0.3 is 10.3 Å². The number of carbonyl (C=O) groups excluding carboxylic acids is 1. The Bertz CT molecular complexity index is 1110. The highest BCUT2D eigenvalue weighted by atomic mass is 19.4. The molecule has 0 saturated heterocycles. The lowest BCUT2D eigenvalue weighted by Gasteiger charge is -2.06. The van der Waals surface area contributed by atoms with Gasteiger partial charge in [0, 0.05) is 29.2 Å². The van der Waals surface area contributed by atoms with Gasteiger partial charge in [-0.25, -0.2) is 0 Å². The van der Waals surface area contributed by atoms with E-state index in [-0.39, 0.29) is 12.5 Å². The highest BCUT2D eigenvalue weighted by molar-refractivity contribution is 5.94. The van der Waals surface area contributed by atoms with Crippen LogP contribution in [0.15, 0.2) is 60.8 Å². The number of aromatic nitrogens is 3. The molecule has 4 aromatic rings. The molecule has 0 radical (unpaired) electrons. The van der Waals surface area contributed by atoms with E-state index in [0.717, 1.165) is 17.3 Å². The number of nitrogens with one attached hydrogen (secondary N) is 3. The van der Waals surface area contributed by atoms with Crippen LogP contribution >= 0.6 is 0 Å². The molecule has 142 valence electrons. The number of halogens is 3. The fourth-order valence-electron chi connectivity index (χ4n) is 2.95. The number of benzene rings is 2. The van der Waals surface area contributed by atoms with Gasteiger partial charge in [-0.1, -0.05) is 18.2 Å². The molecule has 0 aliphatic heterocycles. The molecule has 0 aliphatic rings. The van der Waals surface area contributed by atoms with Crippen molar-refractivity contribution in [3.63, 3.8) is 0 Å². The topological polar surface area (TPSA) is 73.6 Å². The molecule has 1 amide bonds. The Balaban J connectivity index is 1.44. The first kappa shape index (κ1) is 17.8. The van der Waals surface area contributed by atoms with Gasteiger partial charge in [-0.05, 0) is 47.5 Å². The van der Waals surface area contributed by atoms with Crippen LogP contribution in [0.25, 0.3) is 22.2 Å². The monoisotopic (exact) mass is 384 g/mol. The molecule has 2 aromatic heterocycles. The zero-order valence-corrected chi connectivity index (χ0v) is 14.5. The zero-order chi connectivity index (χ0) is 19.7. The predicted octanol–water partition coefficient (Wildman–Crippen LogP) is 4.51. The van der Waals surface area contributed by atoms with Gasteiger partial charge in [-0.15, -0.1) is 0 Å². The van der Waals surface area contributed by atoms with Gasteiger partial charge in [-0.2, -0.15) is 18.3 Å². The SMILES string of the molecule is O=C(NCc1ccc2[nH]c(C(F)(F)F)cc2c1)c1ccc(-c2ccn[nH]2)cc1. The minimum atomic E-state index is -4.42. The molecular formula is C20H15F3N4O. The zero-order valence-electron chi connectivity index (χ0n) is 14.5. The first-order chi connectivity index (χ1) is 13.4. The Labute approximate surface area is 157 Å². The van der Waals surface area contributed by atoms with Crippen molar-refractivity contribution in [3.8, 4) is 11.3 Å². The molecule has 0 aliphatic carbocycles. The second kappa shape index (κ2) is 6.88. The van der Waals surface area contributed by atoms with Gasteiger partial charge in [-0.3, -0.25) is 9.89 Å². The maximum absolute atomic E-state index is 12.8. The molecule has 3 N–H and O–H groups in total. The summed E-state index contributed by atoms with van der Waals surface area (Å²) in [4.78, 5) is 14.7. The second-order valence-electron chi connectivity index (χ2n) is 6.33. The largest absolute Gasteiger partial charge is 0.431 e. The second-order valence-corrected chi connectivity index (χ2v) is 6.33. The van der Waals surface area contributed by atoms with Gasteiger partial charge in [0.15, 0.2) is 0 Å². The molecule has 5 nitrogen and oxygen atoms in total. The summed E-state index contributed by atoms with van der Waals surface area (Å²) in [6, 6.07) is 14.8. The van der Waals surface area contributed by atoms with E-state index in [1.807, 2.05) is 18.2 Å². The summed E-state index contributed by atoms with van der Waals surface area (Å²) in [6.45, 7) is 0.212. The van der Waals surface area contributed by atoms with Crippen LogP contribution in [0.5, 0.6) is 0 Å². The average Bonchev–Trinajstić information content (AvgIpc) is 3.35. The minimum Gasteiger partial charge on any atom is -0.351 e. The number of H-pyrrole nitrogens is 2. The molecule has 4 rings (SSSR count). The van der Waals surface area contributed by atoms with E-state index in [4.69, 9.17) is 0 Å². The molecule has 0 bridgehead atoms. The lowest BCUT2D eigenvalue weighted by molar-refractivity contribution is -0.140. The van der Waals surface area contributed by atoms with Crippen LogP contribution < -0.4 is 5.32 Å². The van der Waals surface area contributed by atoms with Crippen molar-refractivity contribution in [2.24, 2.45) is 0 Å². The van der Waals surface area contributed by atoms with E-state index in [1.165, 1.54) is 0 Å². The fraction of sp³-hybridized carbons (Fsp3) is 0.100. The molecule has 2 heterocycles. The van der Waals surface area contributed by atoms with Gasteiger partial charge in [0.05, 0.1) is 5.69 Å². The Morgan fingerprint density at radius 2 is 1.82 bits per heavy atom. The molecule has 28 heavy (non-hydrogen) atoms. The van der Waals surface area contributed by atoms with Crippen molar-refractivity contribution in [2.45, 2.75) is 12.7 Å². The van der Waals surface area contributed by atoms with Gasteiger partial charge in [0.2, 0.25) is 0 Å². The lowest BCUT2D eigenvalue weighted by Crippen LogP contribution is -2.22. The normalized spacial score (nSPS) is 11.7. The summed E-state index contributed by atoms with van der Waals surface area (Å²) in [6.07, 6.45) is -2.77. The Hall–Kier alpha value is -3.55. The highest BCUT2D eigenvalue weighted by Crippen LogP contribution is 2.31.